The summed E-state index contributed by atoms with van der Waals surface area (Å²) in [5.74, 6) is 0. The fourth-order valence-electron chi connectivity index (χ4n) is 21.5. The predicted molar refractivity (Wildman–Crippen MR) is 546 cm³/mol. The highest BCUT2D eigenvalue weighted by Crippen LogP contribution is 2.52. The number of thiophene rings is 1. The molecule has 4 aromatic heterocycles. The zero-order chi connectivity index (χ0) is 83.8. The molecule has 4 heterocycles. The van der Waals surface area contributed by atoms with Gasteiger partial charge in [0.05, 0.1) is 27.8 Å². The molecule has 128 heavy (non-hydrogen) atoms. The van der Waals surface area contributed by atoms with Crippen LogP contribution in [0.5, 0.6) is 0 Å². The largest absolute Gasteiger partial charge is 0.309 e. The number of hydrogen-bond donors (Lipinski definition) is 0. The van der Waals surface area contributed by atoms with E-state index in [0.29, 0.717) is 0 Å². The van der Waals surface area contributed by atoms with Crippen LogP contribution in [0.1, 0.15) is 0 Å². The van der Waals surface area contributed by atoms with Gasteiger partial charge in [0, 0.05) is 82.5 Å². The molecular weight excluding hydrogens is 1570 g/mol. The van der Waals surface area contributed by atoms with Crippen LogP contribution >= 0.6 is 11.3 Å². The van der Waals surface area contributed by atoms with Gasteiger partial charge < -0.3 is 4.57 Å². The lowest BCUT2D eigenvalue weighted by Gasteiger charge is -2.19. The number of pyridine rings is 1. The van der Waals surface area contributed by atoms with Gasteiger partial charge in [-0.25, -0.2) is 0 Å². The molecule has 0 spiro atoms. The molecule has 0 aliphatic heterocycles. The van der Waals surface area contributed by atoms with Crippen molar-refractivity contribution in [3.05, 3.63) is 437 Å². The van der Waals surface area contributed by atoms with Gasteiger partial charge in [0.2, 0.25) is 0 Å². The first kappa shape index (κ1) is 71.9. The molecule has 590 valence electrons. The van der Waals surface area contributed by atoms with Crippen LogP contribution in [-0.2, 0) is 0 Å². The fraction of sp³-hybridized carbons (Fsp3) is 0. The number of rotatable bonds is 10. The highest BCUT2D eigenvalue weighted by molar-refractivity contribution is 7.27. The average Bonchev–Trinajstić information content (AvgIpc) is 1.46. The van der Waals surface area contributed by atoms with E-state index < -0.39 is 0 Å². The van der Waals surface area contributed by atoms with Gasteiger partial charge in [0.1, 0.15) is 0 Å². The van der Waals surface area contributed by atoms with Crippen molar-refractivity contribution in [2.24, 2.45) is 0 Å². The molecule has 0 N–H and O–H groups in total. The molecule has 0 amide bonds. The SMILES string of the molecule is c1ccc(-c2cccc3c2sc2c(-c4cc(-c5cc6c7ccccc7c7ccc(-c8ccc9c%10cc(-c%11cccc(-c%12ccc%13c%14ccccc%14c%14nccnc%14c%13c%12)c%11)ccc%10c%10ccccc%10c9c8)cc7c6cn5)ccc4-c4ccc(-c5ccc6c(c5)c5ccccc5n6-c5ccccc5)cc4-c4ccc5c6ccccc6c6ccccc6c5c4)cccc23)cc1. The standard InChI is InChI=1S/C123H72N4S/c1-3-22-73(23-4-1)85-39-20-40-104-105-41-21-42-106(123(105)128-122(85)104)111-70-83(50-58-99(111)95-52-44-76(81-51-59-119-114(67-81)102-37-17-18-43-118(102)127(119)84-26-5-2-6-27-84)63-107(95)82-49-57-97-88-30-8-7-28-86(88)87-29-9-12-34-92(87)110(97)69-82)117-71-113-94-36-14-11-32-90(94)98-54-46-79(66-112(98)116(113)72-126-117)78-48-56-101-108(65-78)93-35-13-10-31-89(93)96-53-45-77(64-109(96)101)74-24-19-25-75(62-74)80-47-55-100-91-33-15-16-38-103(91)120-121(115(100)68-80)125-61-60-124-120/h1-72H. The zero-order valence-electron chi connectivity index (χ0n) is 69.3. The molecule has 0 radical (unpaired) electrons. The van der Waals surface area contributed by atoms with E-state index in [1.54, 1.807) is 12.4 Å². The summed E-state index contributed by atoms with van der Waals surface area (Å²) in [5.41, 5.74) is 25.8. The molecule has 27 rings (SSSR count). The molecule has 0 atom stereocenters. The van der Waals surface area contributed by atoms with Gasteiger partial charge in [-0.1, -0.05) is 334 Å². The van der Waals surface area contributed by atoms with Crippen LogP contribution in [0.4, 0.5) is 0 Å². The minimum atomic E-state index is 0.905. The second-order valence-corrected chi connectivity index (χ2v) is 35.3. The first-order valence-corrected chi connectivity index (χ1v) is 44.8. The Morgan fingerprint density at radius 1 is 0.164 bits per heavy atom. The highest BCUT2D eigenvalue weighted by atomic mass is 32.1. The summed E-state index contributed by atoms with van der Waals surface area (Å²) in [6, 6.07) is 157. The Balaban J connectivity index is 0.618. The van der Waals surface area contributed by atoms with E-state index in [1.165, 1.54) is 156 Å². The summed E-state index contributed by atoms with van der Waals surface area (Å²) < 4.78 is 4.92. The van der Waals surface area contributed by atoms with Gasteiger partial charge in [-0.2, -0.15) is 0 Å². The maximum atomic E-state index is 5.64. The molecule has 0 aliphatic carbocycles. The van der Waals surface area contributed by atoms with Crippen molar-refractivity contribution in [3.8, 4) is 106 Å². The lowest BCUT2D eigenvalue weighted by Crippen LogP contribution is -1.94. The van der Waals surface area contributed by atoms with Gasteiger partial charge in [0.15, 0.2) is 0 Å². The number of nitrogens with zero attached hydrogens (tertiary/aromatic N) is 4. The molecule has 4 nitrogen and oxygen atoms in total. The lowest BCUT2D eigenvalue weighted by atomic mass is 9.85. The Morgan fingerprint density at radius 2 is 0.508 bits per heavy atom. The van der Waals surface area contributed by atoms with Crippen molar-refractivity contribution in [2.45, 2.75) is 0 Å². The molecule has 0 unspecified atom stereocenters. The fourth-order valence-corrected chi connectivity index (χ4v) is 22.9. The Kier molecular flexibility index (Phi) is 16.0. The van der Waals surface area contributed by atoms with Gasteiger partial charge in [-0.3, -0.25) is 15.0 Å². The molecule has 27 aromatic rings. The van der Waals surface area contributed by atoms with Crippen molar-refractivity contribution in [3.63, 3.8) is 0 Å². The van der Waals surface area contributed by atoms with E-state index in [4.69, 9.17) is 15.0 Å². The van der Waals surface area contributed by atoms with E-state index >= 15 is 0 Å². The molecular formula is C123H72N4S. The van der Waals surface area contributed by atoms with E-state index in [2.05, 4.69) is 429 Å². The third-order valence-corrected chi connectivity index (χ3v) is 28.8. The number of fused-ring (bicyclic) bond motifs is 30. The van der Waals surface area contributed by atoms with Crippen LogP contribution in [-0.4, -0.2) is 19.5 Å². The van der Waals surface area contributed by atoms with E-state index in [0.717, 1.165) is 122 Å². The van der Waals surface area contributed by atoms with Crippen LogP contribution in [0.2, 0.25) is 0 Å². The summed E-state index contributed by atoms with van der Waals surface area (Å²) in [6.07, 6.45) is 5.75. The Bertz CT molecular complexity index is 9400. The van der Waals surface area contributed by atoms with Crippen LogP contribution in [0, 0.1) is 0 Å². The van der Waals surface area contributed by atoms with Gasteiger partial charge in [-0.05, 0) is 271 Å². The van der Waals surface area contributed by atoms with Gasteiger partial charge in [-0.15, -0.1) is 11.3 Å². The monoisotopic (exact) mass is 1640 g/mol. The first-order valence-electron chi connectivity index (χ1n) is 44.0. The van der Waals surface area contributed by atoms with Crippen LogP contribution in [0.25, 0.3) is 277 Å². The summed E-state index contributed by atoms with van der Waals surface area (Å²) >= 11 is 1.90. The summed E-state index contributed by atoms with van der Waals surface area (Å²) in [6.45, 7) is 0. The zero-order valence-corrected chi connectivity index (χ0v) is 70.1. The van der Waals surface area contributed by atoms with Crippen molar-refractivity contribution in [2.75, 3.05) is 0 Å². The minimum absolute atomic E-state index is 0.905. The highest BCUT2D eigenvalue weighted by Gasteiger charge is 2.25. The van der Waals surface area contributed by atoms with Crippen molar-refractivity contribution in [1.29, 1.82) is 0 Å². The molecule has 0 saturated carbocycles. The average molecular weight is 1640 g/mol. The van der Waals surface area contributed by atoms with Gasteiger partial charge in [0.25, 0.3) is 0 Å². The Labute approximate surface area is 740 Å². The number of aromatic nitrogens is 4. The maximum Gasteiger partial charge on any atom is 0.0971 e. The van der Waals surface area contributed by atoms with Crippen molar-refractivity contribution < 1.29 is 0 Å². The topological polar surface area (TPSA) is 43.6 Å². The number of hydrogen-bond acceptors (Lipinski definition) is 4. The first-order chi connectivity index (χ1) is 63.5. The Hall–Kier alpha value is -16.6. The molecule has 0 saturated heterocycles. The van der Waals surface area contributed by atoms with E-state index in [9.17, 15) is 0 Å². The van der Waals surface area contributed by atoms with Crippen LogP contribution in [0.15, 0.2) is 437 Å². The van der Waals surface area contributed by atoms with Crippen molar-refractivity contribution >= 4 is 183 Å². The Morgan fingerprint density at radius 3 is 1.09 bits per heavy atom. The maximum absolute atomic E-state index is 5.64. The molecule has 0 aliphatic rings. The number of benzene rings is 23. The second-order valence-electron chi connectivity index (χ2n) is 34.3. The lowest BCUT2D eigenvalue weighted by molar-refractivity contribution is 1.18. The van der Waals surface area contributed by atoms with E-state index in [1.807, 2.05) is 11.3 Å². The summed E-state index contributed by atoms with van der Waals surface area (Å²) in [7, 11) is 0. The van der Waals surface area contributed by atoms with Gasteiger partial charge >= 0.3 is 0 Å². The third-order valence-electron chi connectivity index (χ3n) is 27.5. The molecule has 0 fully saturated rings. The van der Waals surface area contributed by atoms with Crippen LogP contribution < -0.4 is 0 Å². The molecule has 0 bridgehead atoms. The van der Waals surface area contributed by atoms with E-state index in [-0.39, 0.29) is 0 Å². The minimum Gasteiger partial charge on any atom is -0.309 e. The summed E-state index contributed by atoms with van der Waals surface area (Å²) in [5, 5.41) is 31.4. The number of para-hydroxylation sites is 2. The van der Waals surface area contributed by atoms with Crippen molar-refractivity contribution in [1.82, 2.24) is 19.5 Å². The normalized spacial score (nSPS) is 12.1. The van der Waals surface area contributed by atoms with Crippen LogP contribution in [0.3, 0.4) is 0 Å². The molecule has 23 aromatic carbocycles. The predicted octanol–water partition coefficient (Wildman–Crippen LogP) is 34.2. The third kappa shape index (κ3) is 11.2. The summed E-state index contributed by atoms with van der Waals surface area (Å²) in [4.78, 5) is 15.4. The second kappa shape index (κ2) is 28.5. The smallest absolute Gasteiger partial charge is 0.0971 e. The molecule has 5 heteroatoms. The quantitative estimate of drug-likeness (QED) is 0.128.